The van der Waals surface area contributed by atoms with Crippen LogP contribution in [0, 0.1) is 5.82 Å². The number of likely N-dealkylation sites (tertiary alicyclic amines) is 1. The number of hydrogen-bond donors (Lipinski definition) is 2. The number of hydrogen-bond acceptors (Lipinski definition) is 5. The minimum Gasteiger partial charge on any atom is -0.505 e. The van der Waals surface area contributed by atoms with Crippen LogP contribution in [0.25, 0.3) is 11.0 Å². The number of rotatable bonds is 6. The maximum absolute atomic E-state index is 13.2. The van der Waals surface area contributed by atoms with Gasteiger partial charge in [0.25, 0.3) is 11.5 Å². The Morgan fingerprint density at radius 2 is 1.91 bits per heavy atom. The van der Waals surface area contributed by atoms with Gasteiger partial charge in [0.2, 0.25) is 5.91 Å². The standard InChI is InChI=1S/C24H25FN4O4/c1-26-23(32)20-22(31)21-18(13-16(14-27-21)12-15-5-7-17(25)8-6-15)29(24(20)33)11-10-28-9-3-2-4-19(28)30/h5-8,13-14,31H,2-4,9-12H2,1H3,(H,26,32). The fourth-order valence-corrected chi connectivity index (χ4v) is 4.15. The summed E-state index contributed by atoms with van der Waals surface area (Å²) in [4.78, 5) is 43.8. The van der Waals surface area contributed by atoms with E-state index in [1.54, 1.807) is 29.3 Å². The molecular formula is C24H25FN4O4. The molecule has 0 radical (unpaired) electrons. The molecule has 172 valence electrons. The maximum atomic E-state index is 13.2. The van der Waals surface area contributed by atoms with Gasteiger partial charge in [-0.15, -0.1) is 0 Å². The lowest BCUT2D eigenvalue weighted by molar-refractivity contribution is -0.133. The molecular weight excluding hydrogens is 427 g/mol. The summed E-state index contributed by atoms with van der Waals surface area (Å²) >= 11 is 0. The first kappa shape index (κ1) is 22.4. The van der Waals surface area contributed by atoms with Gasteiger partial charge in [0.05, 0.1) is 5.52 Å². The predicted octanol–water partition coefficient (Wildman–Crippen LogP) is 2.20. The van der Waals surface area contributed by atoms with E-state index < -0.39 is 17.2 Å². The minimum absolute atomic E-state index is 0.0408. The van der Waals surface area contributed by atoms with Crippen LogP contribution in [0.3, 0.4) is 0 Å². The average Bonchev–Trinajstić information content (AvgIpc) is 2.81. The Morgan fingerprint density at radius 1 is 1.15 bits per heavy atom. The molecule has 1 fully saturated rings. The zero-order chi connectivity index (χ0) is 23.5. The molecule has 1 saturated heterocycles. The second kappa shape index (κ2) is 9.40. The van der Waals surface area contributed by atoms with Crippen molar-refractivity contribution in [3.05, 3.63) is 69.4 Å². The van der Waals surface area contributed by atoms with E-state index in [1.165, 1.54) is 23.7 Å². The van der Waals surface area contributed by atoms with E-state index in [1.807, 2.05) is 0 Å². The highest BCUT2D eigenvalue weighted by atomic mass is 19.1. The van der Waals surface area contributed by atoms with Gasteiger partial charge in [-0.2, -0.15) is 0 Å². The molecule has 0 bridgehead atoms. The topological polar surface area (TPSA) is 105 Å². The summed E-state index contributed by atoms with van der Waals surface area (Å²) in [5.74, 6) is -1.48. The third kappa shape index (κ3) is 4.57. The fraction of sp³-hybridized carbons (Fsp3) is 0.333. The lowest BCUT2D eigenvalue weighted by Gasteiger charge is -2.27. The number of fused-ring (bicyclic) bond motifs is 1. The number of aromatic hydroxyl groups is 1. The number of benzene rings is 1. The normalized spacial score (nSPS) is 14.0. The van der Waals surface area contributed by atoms with Gasteiger partial charge in [-0.05, 0) is 48.6 Å². The number of carbonyl (C=O) groups excluding carboxylic acids is 2. The highest BCUT2D eigenvalue weighted by Crippen LogP contribution is 2.26. The second-order valence-corrected chi connectivity index (χ2v) is 8.11. The smallest absolute Gasteiger partial charge is 0.267 e. The number of halogens is 1. The van der Waals surface area contributed by atoms with Crippen molar-refractivity contribution in [3.63, 3.8) is 0 Å². The molecule has 3 aromatic rings. The number of aromatic nitrogens is 2. The van der Waals surface area contributed by atoms with E-state index in [9.17, 15) is 23.9 Å². The molecule has 3 heterocycles. The van der Waals surface area contributed by atoms with Gasteiger partial charge >= 0.3 is 0 Å². The van der Waals surface area contributed by atoms with Gasteiger partial charge in [0.1, 0.15) is 16.9 Å². The summed E-state index contributed by atoms with van der Waals surface area (Å²) in [6, 6.07) is 7.81. The lowest BCUT2D eigenvalue weighted by Crippen LogP contribution is -2.40. The molecule has 4 rings (SSSR count). The Bertz CT molecular complexity index is 1270. The van der Waals surface area contributed by atoms with Crippen LogP contribution >= 0.6 is 0 Å². The first-order chi connectivity index (χ1) is 15.9. The molecule has 0 unspecified atom stereocenters. The molecule has 0 atom stereocenters. The molecule has 33 heavy (non-hydrogen) atoms. The van der Waals surface area contributed by atoms with Crippen molar-refractivity contribution in [2.45, 2.75) is 32.2 Å². The summed E-state index contributed by atoms with van der Waals surface area (Å²) < 4.78 is 14.6. The first-order valence-electron chi connectivity index (χ1n) is 10.9. The third-order valence-corrected chi connectivity index (χ3v) is 5.93. The van der Waals surface area contributed by atoms with Crippen LogP contribution in [0.2, 0.25) is 0 Å². The Labute approximate surface area is 189 Å². The summed E-state index contributed by atoms with van der Waals surface area (Å²) in [6.07, 6.45) is 4.25. The van der Waals surface area contributed by atoms with Crippen LogP contribution in [0.5, 0.6) is 5.75 Å². The van der Waals surface area contributed by atoms with Crippen LogP contribution in [-0.2, 0) is 17.8 Å². The third-order valence-electron chi connectivity index (χ3n) is 5.93. The molecule has 1 aliphatic rings. The van der Waals surface area contributed by atoms with Crippen molar-refractivity contribution in [2.24, 2.45) is 0 Å². The van der Waals surface area contributed by atoms with Crippen molar-refractivity contribution in [2.75, 3.05) is 20.1 Å². The molecule has 0 spiro atoms. The van der Waals surface area contributed by atoms with Crippen LogP contribution in [0.4, 0.5) is 4.39 Å². The van der Waals surface area contributed by atoms with Crippen LogP contribution < -0.4 is 10.9 Å². The second-order valence-electron chi connectivity index (χ2n) is 8.11. The highest BCUT2D eigenvalue weighted by molar-refractivity contribution is 6.01. The van der Waals surface area contributed by atoms with Gasteiger partial charge in [-0.3, -0.25) is 19.4 Å². The Hall–Kier alpha value is -3.75. The maximum Gasteiger partial charge on any atom is 0.267 e. The van der Waals surface area contributed by atoms with E-state index in [4.69, 9.17) is 0 Å². The van der Waals surface area contributed by atoms with Crippen molar-refractivity contribution < 1.29 is 19.1 Å². The van der Waals surface area contributed by atoms with Crippen molar-refractivity contribution in [1.29, 1.82) is 0 Å². The molecule has 0 saturated carbocycles. The van der Waals surface area contributed by atoms with E-state index in [-0.39, 0.29) is 29.3 Å². The molecule has 9 heteroatoms. The van der Waals surface area contributed by atoms with Gasteiger partial charge in [0.15, 0.2) is 5.75 Å². The Balaban J connectivity index is 1.78. The fourth-order valence-electron chi connectivity index (χ4n) is 4.15. The quantitative estimate of drug-likeness (QED) is 0.597. The molecule has 0 aliphatic carbocycles. The number of amides is 2. The van der Waals surface area contributed by atoms with Gasteiger partial charge in [-0.25, -0.2) is 4.39 Å². The van der Waals surface area contributed by atoms with E-state index in [0.29, 0.717) is 31.4 Å². The van der Waals surface area contributed by atoms with Gasteiger partial charge < -0.3 is 19.9 Å². The minimum atomic E-state index is -0.709. The van der Waals surface area contributed by atoms with E-state index in [0.717, 1.165) is 24.0 Å². The van der Waals surface area contributed by atoms with Crippen LogP contribution in [0.1, 0.15) is 40.7 Å². The summed E-state index contributed by atoms with van der Waals surface area (Å²) in [6.45, 7) is 1.10. The number of carbonyl (C=O) groups is 2. The lowest BCUT2D eigenvalue weighted by atomic mass is 10.1. The van der Waals surface area contributed by atoms with Gasteiger partial charge in [0, 0.05) is 39.3 Å². The summed E-state index contributed by atoms with van der Waals surface area (Å²) in [7, 11) is 1.38. The molecule has 2 aromatic heterocycles. The van der Waals surface area contributed by atoms with Crippen molar-refractivity contribution >= 4 is 22.8 Å². The van der Waals surface area contributed by atoms with Crippen LogP contribution in [0.15, 0.2) is 41.3 Å². The van der Waals surface area contributed by atoms with Crippen molar-refractivity contribution in [3.8, 4) is 5.75 Å². The number of piperidine rings is 1. The van der Waals surface area contributed by atoms with E-state index >= 15 is 0 Å². The van der Waals surface area contributed by atoms with Crippen molar-refractivity contribution in [1.82, 2.24) is 19.8 Å². The number of nitrogens with zero attached hydrogens (tertiary/aromatic N) is 3. The molecule has 2 amide bonds. The molecule has 8 nitrogen and oxygen atoms in total. The highest BCUT2D eigenvalue weighted by Gasteiger charge is 2.24. The van der Waals surface area contributed by atoms with Gasteiger partial charge in [-0.1, -0.05) is 12.1 Å². The predicted molar refractivity (Wildman–Crippen MR) is 121 cm³/mol. The number of nitrogens with one attached hydrogen (secondary N) is 1. The average molecular weight is 452 g/mol. The Morgan fingerprint density at radius 3 is 2.61 bits per heavy atom. The number of pyridine rings is 2. The Kier molecular flexibility index (Phi) is 6.39. The first-order valence-corrected chi connectivity index (χ1v) is 10.9. The summed E-state index contributed by atoms with van der Waals surface area (Å²) in [5, 5.41) is 13.1. The largest absolute Gasteiger partial charge is 0.505 e. The summed E-state index contributed by atoms with van der Waals surface area (Å²) in [5.41, 5.74) is 1.08. The zero-order valence-corrected chi connectivity index (χ0v) is 18.3. The van der Waals surface area contributed by atoms with E-state index in [2.05, 4.69) is 10.3 Å². The van der Waals surface area contributed by atoms with Crippen LogP contribution in [-0.4, -0.2) is 51.5 Å². The molecule has 1 aromatic carbocycles. The zero-order valence-electron chi connectivity index (χ0n) is 18.3. The molecule has 1 aliphatic heterocycles. The monoisotopic (exact) mass is 452 g/mol. The SMILES string of the molecule is CNC(=O)c1c(O)c2ncc(Cc3ccc(F)cc3)cc2n(CCN2CCCCC2=O)c1=O. The molecule has 2 N–H and O–H groups in total.